The third kappa shape index (κ3) is 3.59. The van der Waals surface area contributed by atoms with E-state index in [-0.39, 0.29) is 0 Å². The van der Waals surface area contributed by atoms with Crippen LogP contribution in [0.15, 0.2) is 90.2 Å². The molecule has 2 aromatic carbocycles. The lowest BCUT2D eigenvalue weighted by Crippen LogP contribution is -2.06. The van der Waals surface area contributed by atoms with Crippen molar-refractivity contribution >= 4 is 17.3 Å². The van der Waals surface area contributed by atoms with Gasteiger partial charge in [-0.25, -0.2) is 9.98 Å². The molecule has 0 atom stereocenters. The second kappa shape index (κ2) is 7.61. The Morgan fingerprint density at radius 2 is 1.41 bits per heavy atom. The summed E-state index contributed by atoms with van der Waals surface area (Å²) in [7, 11) is 1.82. The topological polar surface area (TPSA) is 68.0 Å². The van der Waals surface area contributed by atoms with Crippen molar-refractivity contribution in [2.75, 3.05) is 12.4 Å². The van der Waals surface area contributed by atoms with Crippen LogP contribution in [-0.4, -0.2) is 32.7 Å². The van der Waals surface area contributed by atoms with Gasteiger partial charge in [-0.1, -0.05) is 60.7 Å². The van der Waals surface area contributed by atoms with Gasteiger partial charge in [0.2, 0.25) is 0 Å². The van der Waals surface area contributed by atoms with E-state index in [9.17, 15) is 0 Å². The monoisotopic (exact) mass is 354 g/mol. The van der Waals surface area contributed by atoms with Crippen molar-refractivity contribution in [3.8, 4) is 5.69 Å². The maximum atomic E-state index is 4.85. The number of aliphatic imine (C=N–C) groups is 1. The summed E-state index contributed by atoms with van der Waals surface area (Å²) >= 11 is 0. The van der Waals surface area contributed by atoms with Crippen molar-refractivity contribution in [1.29, 1.82) is 0 Å². The van der Waals surface area contributed by atoms with Gasteiger partial charge in [-0.15, -0.1) is 4.80 Å². The molecule has 0 radical (unpaired) electrons. The van der Waals surface area contributed by atoms with Crippen molar-refractivity contribution in [1.82, 2.24) is 20.0 Å². The van der Waals surface area contributed by atoms with Crippen LogP contribution in [-0.2, 0) is 0 Å². The molecule has 6 nitrogen and oxygen atoms in total. The summed E-state index contributed by atoms with van der Waals surface area (Å²) in [6.07, 6.45) is 3.27. The van der Waals surface area contributed by atoms with Crippen molar-refractivity contribution in [2.45, 2.75) is 0 Å². The number of anilines is 1. The Morgan fingerprint density at radius 3 is 1.96 bits per heavy atom. The van der Waals surface area contributed by atoms with Crippen LogP contribution in [0.25, 0.3) is 5.69 Å². The number of hydrogen-bond donors (Lipinski definition) is 1. The molecular weight excluding hydrogens is 336 g/mol. The minimum atomic E-state index is 0.609. The molecule has 27 heavy (non-hydrogen) atoms. The van der Waals surface area contributed by atoms with Crippen LogP contribution in [0.1, 0.15) is 11.1 Å². The highest BCUT2D eigenvalue weighted by atomic mass is 15.5. The van der Waals surface area contributed by atoms with Gasteiger partial charge >= 0.3 is 0 Å². The molecule has 6 heteroatoms. The minimum absolute atomic E-state index is 0.609. The number of pyridine rings is 1. The lowest BCUT2D eigenvalue weighted by atomic mass is 10.0. The van der Waals surface area contributed by atoms with Gasteiger partial charge in [-0.05, 0) is 12.1 Å². The summed E-state index contributed by atoms with van der Waals surface area (Å²) in [6.45, 7) is 0. The van der Waals surface area contributed by atoms with Gasteiger partial charge in [-0.2, -0.15) is 10.2 Å². The van der Waals surface area contributed by atoms with Crippen LogP contribution < -0.4 is 5.32 Å². The fourth-order valence-corrected chi connectivity index (χ4v) is 2.79. The fourth-order valence-electron chi connectivity index (χ4n) is 2.79. The molecule has 0 amide bonds. The quantitative estimate of drug-likeness (QED) is 0.552. The largest absolute Gasteiger partial charge is 0.371 e. The maximum absolute atomic E-state index is 4.85. The van der Waals surface area contributed by atoms with Crippen LogP contribution >= 0.6 is 0 Å². The van der Waals surface area contributed by atoms with E-state index in [1.807, 2.05) is 79.8 Å². The van der Waals surface area contributed by atoms with E-state index in [4.69, 9.17) is 4.99 Å². The van der Waals surface area contributed by atoms with E-state index < -0.39 is 0 Å². The highest BCUT2D eigenvalue weighted by Gasteiger charge is 2.10. The summed E-state index contributed by atoms with van der Waals surface area (Å²) in [5.74, 6) is 1.27. The number of benzene rings is 2. The molecule has 0 saturated heterocycles. The number of nitrogens with one attached hydrogen (secondary N) is 1. The van der Waals surface area contributed by atoms with Gasteiger partial charge in [0.05, 0.1) is 18.1 Å². The first-order chi connectivity index (χ1) is 13.3. The molecule has 0 saturated carbocycles. The first-order valence-electron chi connectivity index (χ1n) is 8.60. The SMILES string of the molecule is CNc1nc(N=C(c2ccccc2)c2ccccc2)ccc1-n1nccn1. The van der Waals surface area contributed by atoms with Crippen molar-refractivity contribution in [3.05, 3.63) is 96.3 Å². The van der Waals surface area contributed by atoms with Crippen LogP contribution in [0, 0.1) is 0 Å². The predicted molar refractivity (Wildman–Crippen MR) is 107 cm³/mol. The molecule has 132 valence electrons. The Kier molecular flexibility index (Phi) is 4.70. The zero-order valence-electron chi connectivity index (χ0n) is 14.8. The lowest BCUT2D eigenvalue weighted by Gasteiger charge is -2.10. The van der Waals surface area contributed by atoms with E-state index in [0.717, 1.165) is 22.5 Å². The molecule has 0 aliphatic rings. The van der Waals surface area contributed by atoms with Crippen LogP contribution in [0.4, 0.5) is 11.6 Å². The smallest absolute Gasteiger partial charge is 0.156 e. The predicted octanol–water partition coefficient (Wildman–Crippen LogP) is 3.87. The fraction of sp³-hybridized carbons (Fsp3) is 0.0476. The summed E-state index contributed by atoms with van der Waals surface area (Å²) < 4.78 is 0. The molecule has 4 aromatic rings. The molecule has 1 N–H and O–H groups in total. The first kappa shape index (κ1) is 16.7. The minimum Gasteiger partial charge on any atom is -0.371 e. The molecule has 0 fully saturated rings. The lowest BCUT2D eigenvalue weighted by molar-refractivity contribution is 0.750. The molecule has 0 aliphatic carbocycles. The third-order valence-corrected chi connectivity index (χ3v) is 4.05. The second-order valence-corrected chi connectivity index (χ2v) is 5.80. The Balaban J connectivity index is 1.81. The van der Waals surface area contributed by atoms with Gasteiger partial charge < -0.3 is 5.32 Å². The number of nitrogens with zero attached hydrogens (tertiary/aromatic N) is 5. The van der Waals surface area contributed by atoms with Gasteiger partial charge in [0, 0.05) is 18.2 Å². The van der Waals surface area contributed by atoms with E-state index >= 15 is 0 Å². The molecule has 0 spiro atoms. The van der Waals surface area contributed by atoms with E-state index in [0.29, 0.717) is 11.6 Å². The average Bonchev–Trinajstić information content (AvgIpc) is 3.28. The summed E-state index contributed by atoms with van der Waals surface area (Å²) in [5, 5.41) is 11.4. The zero-order valence-corrected chi connectivity index (χ0v) is 14.8. The van der Waals surface area contributed by atoms with E-state index in [2.05, 4.69) is 20.5 Å². The summed E-state index contributed by atoms with van der Waals surface area (Å²) in [4.78, 5) is 11.0. The normalized spacial score (nSPS) is 10.4. The Hall–Kier alpha value is -3.80. The number of rotatable bonds is 5. The highest BCUT2D eigenvalue weighted by Crippen LogP contribution is 2.22. The van der Waals surface area contributed by atoms with E-state index in [1.165, 1.54) is 4.80 Å². The van der Waals surface area contributed by atoms with Gasteiger partial charge in [0.1, 0.15) is 5.69 Å². The van der Waals surface area contributed by atoms with Crippen LogP contribution in [0.3, 0.4) is 0 Å². The standard InChI is InChI=1S/C21H18N6/c1-22-21-18(27-23-14-15-24-27)12-13-19(26-21)25-20(16-8-4-2-5-9-16)17-10-6-3-7-11-17/h2-15H,1H3,(H,22,26). The molecule has 4 rings (SSSR count). The molecule has 2 aromatic heterocycles. The van der Waals surface area contributed by atoms with Gasteiger partial charge in [0.15, 0.2) is 11.6 Å². The van der Waals surface area contributed by atoms with Crippen LogP contribution in [0.2, 0.25) is 0 Å². The second-order valence-electron chi connectivity index (χ2n) is 5.80. The molecular formula is C21H18N6. The zero-order chi connectivity index (χ0) is 18.5. The van der Waals surface area contributed by atoms with Gasteiger partial charge in [0.25, 0.3) is 0 Å². The molecule has 2 heterocycles. The summed E-state index contributed by atoms with van der Waals surface area (Å²) in [5.41, 5.74) is 3.71. The molecule has 0 aliphatic heterocycles. The van der Waals surface area contributed by atoms with Crippen LogP contribution in [0.5, 0.6) is 0 Å². The highest BCUT2D eigenvalue weighted by molar-refractivity contribution is 6.13. The maximum Gasteiger partial charge on any atom is 0.156 e. The number of hydrogen-bond acceptors (Lipinski definition) is 5. The third-order valence-electron chi connectivity index (χ3n) is 4.05. The Bertz CT molecular complexity index is 999. The van der Waals surface area contributed by atoms with Crippen molar-refractivity contribution in [3.63, 3.8) is 0 Å². The first-order valence-corrected chi connectivity index (χ1v) is 8.60. The van der Waals surface area contributed by atoms with Gasteiger partial charge in [-0.3, -0.25) is 0 Å². The number of aromatic nitrogens is 4. The average molecular weight is 354 g/mol. The van der Waals surface area contributed by atoms with Crippen molar-refractivity contribution in [2.24, 2.45) is 4.99 Å². The Morgan fingerprint density at radius 1 is 0.815 bits per heavy atom. The summed E-state index contributed by atoms with van der Waals surface area (Å²) in [6, 6.07) is 24.0. The Labute approximate surface area is 157 Å². The van der Waals surface area contributed by atoms with Crippen molar-refractivity contribution < 1.29 is 0 Å². The molecule has 0 unspecified atom stereocenters. The molecule has 0 bridgehead atoms. The van der Waals surface area contributed by atoms with E-state index in [1.54, 1.807) is 12.4 Å².